The molecular weight excluding hydrogens is 356 g/mol. The minimum atomic E-state index is 0.000521. The van der Waals surface area contributed by atoms with Gasteiger partial charge < -0.3 is 24.1 Å². The second-order valence-corrected chi connectivity index (χ2v) is 6.95. The minimum absolute atomic E-state index is 0.000521. The topological polar surface area (TPSA) is 63.8 Å². The number of hydrogen-bond donors (Lipinski definition) is 1. The number of aromatic amines is 1. The Morgan fingerprint density at radius 2 is 2.07 bits per heavy atom. The molecule has 0 unspecified atom stereocenters. The molecule has 6 heteroatoms. The van der Waals surface area contributed by atoms with E-state index < -0.39 is 0 Å². The number of carbonyl (C=O) groups is 1. The van der Waals surface area contributed by atoms with Crippen molar-refractivity contribution in [2.24, 2.45) is 0 Å². The Kier molecular flexibility index (Phi) is 3.97. The lowest BCUT2D eigenvalue weighted by atomic mass is 10.0. The van der Waals surface area contributed by atoms with Crippen molar-refractivity contribution in [2.75, 3.05) is 20.4 Å². The lowest BCUT2D eigenvalue weighted by Gasteiger charge is -2.26. The van der Waals surface area contributed by atoms with E-state index in [1.54, 1.807) is 13.2 Å². The van der Waals surface area contributed by atoms with Crippen LogP contribution < -0.4 is 14.2 Å². The largest absolute Gasteiger partial charge is 0.497 e. The summed E-state index contributed by atoms with van der Waals surface area (Å²) in [5.41, 5.74) is 4.36. The first kappa shape index (κ1) is 16.7. The van der Waals surface area contributed by atoms with E-state index in [0.29, 0.717) is 18.8 Å². The molecule has 0 spiro atoms. The predicted octanol–water partition coefficient (Wildman–Crippen LogP) is 3.50. The van der Waals surface area contributed by atoms with Crippen LogP contribution in [0.25, 0.3) is 17.0 Å². The van der Waals surface area contributed by atoms with Crippen LogP contribution in [0.5, 0.6) is 17.2 Å². The number of nitrogens with zero attached hydrogens (tertiary/aromatic N) is 1. The average Bonchev–Trinajstić information content (AvgIpc) is 3.34. The highest BCUT2D eigenvalue weighted by molar-refractivity contribution is 5.93. The Balaban J connectivity index is 1.36. The van der Waals surface area contributed by atoms with Gasteiger partial charge in [0.2, 0.25) is 12.7 Å². The third-order valence-electron chi connectivity index (χ3n) is 5.31. The number of fused-ring (bicyclic) bond motifs is 4. The number of carbonyl (C=O) groups excluding carboxylic acids is 1. The fourth-order valence-corrected chi connectivity index (χ4v) is 3.80. The molecule has 3 aromatic rings. The zero-order valence-electron chi connectivity index (χ0n) is 15.5. The quantitative estimate of drug-likeness (QED) is 0.711. The van der Waals surface area contributed by atoms with Gasteiger partial charge in [0.25, 0.3) is 0 Å². The Bertz CT molecular complexity index is 1100. The molecule has 0 radical (unpaired) electrons. The van der Waals surface area contributed by atoms with Crippen LogP contribution in [0.1, 0.15) is 16.8 Å². The number of aromatic nitrogens is 1. The molecule has 28 heavy (non-hydrogen) atoms. The highest BCUT2D eigenvalue weighted by Gasteiger charge is 2.23. The van der Waals surface area contributed by atoms with E-state index in [2.05, 4.69) is 4.98 Å². The molecule has 0 aliphatic carbocycles. The smallest absolute Gasteiger partial charge is 0.246 e. The fourth-order valence-electron chi connectivity index (χ4n) is 3.80. The van der Waals surface area contributed by atoms with Gasteiger partial charge in [0.05, 0.1) is 7.11 Å². The normalized spacial score (nSPS) is 15.2. The molecule has 0 bridgehead atoms. The summed E-state index contributed by atoms with van der Waals surface area (Å²) >= 11 is 0. The molecular formula is C22H20N2O4. The summed E-state index contributed by atoms with van der Waals surface area (Å²) in [5, 5.41) is 1.12. The Hall–Kier alpha value is -3.41. The van der Waals surface area contributed by atoms with Crippen LogP contribution in [-0.4, -0.2) is 36.2 Å². The second kappa shape index (κ2) is 6.64. The third-order valence-corrected chi connectivity index (χ3v) is 5.31. The maximum atomic E-state index is 12.7. The number of H-pyrrole nitrogens is 1. The summed E-state index contributed by atoms with van der Waals surface area (Å²) in [4.78, 5) is 18.1. The van der Waals surface area contributed by atoms with Crippen molar-refractivity contribution in [3.8, 4) is 17.2 Å². The molecule has 0 saturated carbocycles. The summed E-state index contributed by atoms with van der Waals surface area (Å²) in [6.45, 7) is 1.53. The number of hydrogen-bond acceptors (Lipinski definition) is 4. The molecule has 0 fully saturated rings. The van der Waals surface area contributed by atoms with Gasteiger partial charge >= 0.3 is 0 Å². The highest BCUT2D eigenvalue weighted by Crippen LogP contribution is 2.33. The van der Waals surface area contributed by atoms with Crippen molar-refractivity contribution in [2.45, 2.75) is 13.0 Å². The number of amides is 1. The first-order valence-electron chi connectivity index (χ1n) is 9.25. The third kappa shape index (κ3) is 2.87. The van der Waals surface area contributed by atoms with Gasteiger partial charge in [-0.1, -0.05) is 6.07 Å². The first-order valence-corrected chi connectivity index (χ1v) is 9.25. The minimum Gasteiger partial charge on any atom is -0.497 e. The van der Waals surface area contributed by atoms with Gasteiger partial charge in [0.15, 0.2) is 11.5 Å². The van der Waals surface area contributed by atoms with E-state index in [1.807, 2.05) is 47.4 Å². The van der Waals surface area contributed by atoms with Crippen molar-refractivity contribution in [3.63, 3.8) is 0 Å². The van der Waals surface area contributed by atoms with E-state index in [0.717, 1.165) is 34.4 Å². The lowest BCUT2D eigenvalue weighted by Crippen LogP contribution is -2.34. The van der Waals surface area contributed by atoms with Crippen molar-refractivity contribution in [3.05, 3.63) is 59.3 Å². The Labute approximate surface area is 162 Å². The second-order valence-electron chi connectivity index (χ2n) is 6.95. The van der Waals surface area contributed by atoms with Crippen LogP contribution in [0.4, 0.5) is 0 Å². The van der Waals surface area contributed by atoms with Crippen LogP contribution in [0.15, 0.2) is 42.5 Å². The van der Waals surface area contributed by atoms with Gasteiger partial charge in [-0.05, 0) is 42.0 Å². The molecule has 142 valence electrons. The fraction of sp³-hybridized carbons (Fsp3) is 0.227. The van der Waals surface area contributed by atoms with Crippen LogP contribution >= 0.6 is 0 Å². The van der Waals surface area contributed by atoms with Gasteiger partial charge in [0.1, 0.15) is 5.75 Å². The molecule has 1 amide bonds. The molecule has 5 rings (SSSR count). The van der Waals surface area contributed by atoms with E-state index in [9.17, 15) is 4.79 Å². The first-order chi connectivity index (χ1) is 13.7. The van der Waals surface area contributed by atoms with Crippen LogP contribution in [-0.2, 0) is 17.8 Å². The van der Waals surface area contributed by atoms with Crippen molar-refractivity contribution in [1.82, 2.24) is 9.88 Å². The van der Waals surface area contributed by atoms with Crippen molar-refractivity contribution >= 4 is 22.9 Å². The van der Waals surface area contributed by atoms with Gasteiger partial charge in [0, 0.05) is 47.7 Å². The van der Waals surface area contributed by atoms with E-state index in [4.69, 9.17) is 14.2 Å². The molecule has 3 heterocycles. The number of methoxy groups -OCH3 is 1. The van der Waals surface area contributed by atoms with E-state index >= 15 is 0 Å². The standard InChI is InChI=1S/C22H20N2O4/c1-26-15-4-5-18-16(11-15)17-12-24(9-8-19(17)23-18)22(25)7-3-14-2-6-20-21(10-14)28-13-27-20/h2-7,10-11,23H,8-9,12-13H2,1H3/b7-3+. The molecule has 2 aliphatic rings. The SMILES string of the molecule is COc1ccc2[nH]c3c(c2c1)CN(C(=O)/C=C/c1ccc2c(c1)OCO2)CC3. The molecule has 6 nitrogen and oxygen atoms in total. The van der Waals surface area contributed by atoms with E-state index in [-0.39, 0.29) is 12.7 Å². The van der Waals surface area contributed by atoms with Gasteiger partial charge in [-0.15, -0.1) is 0 Å². The zero-order chi connectivity index (χ0) is 19.1. The lowest BCUT2D eigenvalue weighted by molar-refractivity contribution is -0.126. The van der Waals surface area contributed by atoms with E-state index in [1.165, 1.54) is 11.3 Å². The Morgan fingerprint density at radius 3 is 2.96 bits per heavy atom. The summed E-state index contributed by atoms with van der Waals surface area (Å²) in [7, 11) is 1.66. The molecule has 2 aromatic carbocycles. The van der Waals surface area contributed by atoms with Crippen molar-refractivity contribution < 1.29 is 19.0 Å². The summed E-state index contributed by atoms with van der Waals surface area (Å²) < 4.78 is 16.1. The Morgan fingerprint density at radius 1 is 1.18 bits per heavy atom. The molecule has 2 aliphatic heterocycles. The van der Waals surface area contributed by atoms with Crippen LogP contribution in [0, 0.1) is 0 Å². The summed E-state index contributed by atoms with van der Waals surface area (Å²) in [5.74, 6) is 2.27. The number of nitrogens with one attached hydrogen (secondary N) is 1. The molecule has 0 atom stereocenters. The number of ether oxygens (including phenoxy) is 3. The predicted molar refractivity (Wildman–Crippen MR) is 106 cm³/mol. The summed E-state index contributed by atoms with van der Waals surface area (Å²) in [6, 6.07) is 11.7. The maximum absolute atomic E-state index is 12.7. The number of benzene rings is 2. The zero-order valence-corrected chi connectivity index (χ0v) is 15.5. The van der Waals surface area contributed by atoms with Crippen LogP contribution in [0.2, 0.25) is 0 Å². The highest BCUT2D eigenvalue weighted by atomic mass is 16.7. The molecule has 1 aromatic heterocycles. The van der Waals surface area contributed by atoms with Crippen LogP contribution in [0.3, 0.4) is 0 Å². The van der Waals surface area contributed by atoms with Gasteiger partial charge in [-0.3, -0.25) is 4.79 Å². The summed E-state index contributed by atoms with van der Waals surface area (Å²) in [6.07, 6.45) is 4.26. The molecule has 0 saturated heterocycles. The molecule has 1 N–H and O–H groups in total. The average molecular weight is 376 g/mol. The maximum Gasteiger partial charge on any atom is 0.246 e. The van der Waals surface area contributed by atoms with Gasteiger partial charge in [-0.25, -0.2) is 0 Å². The van der Waals surface area contributed by atoms with Gasteiger partial charge in [-0.2, -0.15) is 0 Å². The number of rotatable bonds is 3. The van der Waals surface area contributed by atoms with Crippen molar-refractivity contribution in [1.29, 1.82) is 0 Å². The monoisotopic (exact) mass is 376 g/mol.